The van der Waals surface area contributed by atoms with Crippen molar-refractivity contribution in [2.75, 3.05) is 27.2 Å². The number of hydrogen-bond acceptors (Lipinski definition) is 2. The van der Waals surface area contributed by atoms with Crippen LogP contribution in [0.3, 0.4) is 0 Å². The van der Waals surface area contributed by atoms with E-state index in [0.29, 0.717) is 6.61 Å². The zero-order valence-corrected chi connectivity index (χ0v) is 28.3. The van der Waals surface area contributed by atoms with Gasteiger partial charge in [-0.15, -0.1) is 0 Å². The van der Waals surface area contributed by atoms with Gasteiger partial charge < -0.3 is 9.64 Å². The molecule has 0 radical (unpaired) electrons. The summed E-state index contributed by atoms with van der Waals surface area (Å²) in [5.74, 6) is 0.913. The van der Waals surface area contributed by atoms with E-state index in [4.69, 9.17) is 4.74 Å². The summed E-state index contributed by atoms with van der Waals surface area (Å²) in [6, 6.07) is 61.3. The van der Waals surface area contributed by atoms with E-state index in [-0.39, 0.29) is 0 Å². The maximum atomic E-state index is 5.87. The molecule has 0 saturated heterocycles. The van der Waals surface area contributed by atoms with Crippen LogP contribution in [0.2, 0.25) is 0 Å². The van der Waals surface area contributed by atoms with E-state index >= 15 is 0 Å². The third-order valence-electron chi connectivity index (χ3n) is 8.07. The van der Waals surface area contributed by atoms with Gasteiger partial charge >= 0.3 is 0 Å². The average molecular weight is 628 g/mol. The Kier molecular flexibility index (Phi) is 12.7. The third-order valence-corrected chi connectivity index (χ3v) is 8.07. The van der Waals surface area contributed by atoms with Crippen LogP contribution in [0.4, 0.5) is 0 Å². The first-order valence-electron chi connectivity index (χ1n) is 16.7. The minimum absolute atomic E-state index is 0.692. The maximum Gasteiger partial charge on any atom is 0.119 e. The van der Waals surface area contributed by atoms with Crippen LogP contribution in [0.1, 0.15) is 46.7 Å². The lowest BCUT2D eigenvalue weighted by Crippen LogP contribution is -2.19. The highest BCUT2D eigenvalue weighted by Crippen LogP contribution is 2.35. The van der Waals surface area contributed by atoms with Gasteiger partial charge in [0.1, 0.15) is 12.4 Å². The molecule has 0 heterocycles. The Morgan fingerprint density at radius 2 is 0.917 bits per heavy atom. The van der Waals surface area contributed by atoms with Crippen molar-refractivity contribution < 1.29 is 4.74 Å². The van der Waals surface area contributed by atoms with E-state index in [2.05, 4.69) is 202 Å². The fraction of sp³-hybridized carbons (Fsp3) is 0.130. The second-order valence-corrected chi connectivity index (χ2v) is 11.8. The maximum absolute atomic E-state index is 5.87. The van der Waals surface area contributed by atoms with Crippen molar-refractivity contribution in [2.24, 2.45) is 0 Å². The van der Waals surface area contributed by atoms with Gasteiger partial charge in [0, 0.05) is 6.54 Å². The minimum atomic E-state index is 0.692. The second-order valence-electron chi connectivity index (χ2n) is 11.8. The van der Waals surface area contributed by atoms with Crippen molar-refractivity contribution in [1.29, 1.82) is 0 Å². The van der Waals surface area contributed by atoms with Gasteiger partial charge in [-0.25, -0.2) is 0 Å². The average Bonchev–Trinajstić information content (AvgIpc) is 3.15. The van der Waals surface area contributed by atoms with Gasteiger partial charge in [0.05, 0.1) is 0 Å². The topological polar surface area (TPSA) is 12.5 Å². The van der Waals surface area contributed by atoms with Crippen LogP contribution in [0.5, 0.6) is 5.75 Å². The molecule has 0 spiro atoms. The molecule has 0 saturated carbocycles. The molecule has 0 bridgehead atoms. The predicted molar refractivity (Wildman–Crippen MR) is 206 cm³/mol. The highest BCUT2D eigenvalue weighted by Gasteiger charge is 2.13. The van der Waals surface area contributed by atoms with E-state index in [1.54, 1.807) is 0 Å². The molecule has 48 heavy (non-hydrogen) atoms. The predicted octanol–water partition coefficient (Wildman–Crippen LogP) is 11.3. The van der Waals surface area contributed by atoms with Crippen LogP contribution in [0.25, 0.3) is 22.8 Å². The van der Waals surface area contributed by atoms with Crippen LogP contribution in [-0.4, -0.2) is 32.1 Å². The number of nitrogens with zero attached hydrogens (tertiary/aromatic N) is 1. The van der Waals surface area contributed by atoms with Crippen molar-refractivity contribution in [3.8, 4) is 5.75 Å². The Bertz CT molecular complexity index is 1800. The van der Waals surface area contributed by atoms with E-state index in [1.807, 2.05) is 6.07 Å². The number of likely N-dealkylation sites (N-methyl/N-ethyl adjacent to an activating group) is 1. The number of benzene rings is 6. The van der Waals surface area contributed by atoms with Gasteiger partial charge in [-0.1, -0.05) is 171 Å². The van der Waals surface area contributed by atoms with E-state index in [9.17, 15) is 0 Å². The molecule has 6 aromatic rings. The molecule has 0 unspecified atom stereocenters. The lowest BCUT2D eigenvalue weighted by Gasteiger charge is -2.17. The Hall–Kier alpha value is -5.44. The van der Waals surface area contributed by atoms with Crippen LogP contribution < -0.4 is 4.74 Å². The summed E-state index contributed by atoms with van der Waals surface area (Å²) in [4.78, 5) is 2.12. The monoisotopic (exact) mass is 627 g/mol. The summed E-state index contributed by atoms with van der Waals surface area (Å²) < 4.78 is 5.87. The van der Waals surface area contributed by atoms with Gasteiger partial charge in [-0.2, -0.15) is 0 Å². The summed E-state index contributed by atoms with van der Waals surface area (Å²) in [6.07, 6.45) is 3.21. The second kappa shape index (κ2) is 18.0. The fourth-order valence-corrected chi connectivity index (χ4v) is 5.63. The van der Waals surface area contributed by atoms with Crippen molar-refractivity contribution in [3.05, 3.63) is 209 Å². The zero-order valence-electron chi connectivity index (χ0n) is 28.3. The van der Waals surface area contributed by atoms with E-state index in [1.165, 1.54) is 50.1 Å². The van der Waals surface area contributed by atoms with Gasteiger partial charge in [0.15, 0.2) is 0 Å². The van der Waals surface area contributed by atoms with Gasteiger partial charge in [-0.3, -0.25) is 0 Å². The summed E-state index contributed by atoms with van der Waals surface area (Å²) in [6.45, 7) is 3.83. The number of ether oxygens (including phenoxy) is 1. The minimum Gasteiger partial charge on any atom is -0.492 e. The third kappa shape index (κ3) is 9.78. The molecule has 0 fully saturated rings. The molecular weight excluding hydrogens is 583 g/mol. The van der Waals surface area contributed by atoms with Crippen LogP contribution in [0, 0.1) is 0 Å². The van der Waals surface area contributed by atoms with Gasteiger partial charge in [-0.05, 0) is 88.8 Å². The normalized spacial score (nSPS) is 11.2. The molecule has 6 aromatic carbocycles. The highest BCUT2D eigenvalue weighted by molar-refractivity contribution is 5.98. The Labute approximate surface area is 287 Å². The quantitative estimate of drug-likeness (QED) is 0.133. The van der Waals surface area contributed by atoms with Gasteiger partial charge in [0.2, 0.25) is 0 Å². The standard InChI is InChI=1S/C26H29NO.C20H16/c1-4-25(21-11-7-5-8-12-21)26(22-13-9-6-10-14-22)23-15-17-24(18-16-23)28-20-19-27(2)3;1-4-10-17(11-5-1)16-20(18-12-6-2-7-13-18)19-14-8-3-9-15-19/h5-18H,4,19-20H2,1-3H3;1-16H/b26-25-;. The van der Waals surface area contributed by atoms with E-state index < -0.39 is 0 Å². The molecule has 0 amide bonds. The first kappa shape index (κ1) is 33.9. The van der Waals surface area contributed by atoms with Crippen molar-refractivity contribution in [3.63, 3.8) is 0 Å². The first-order valence-corrected chi connectivity index (χ1v) is 16.7. The number of allylic oxidation sites excluding steroid dienone is 1. The molecule has 0 aliphatic carbocycles. The zero-order chi connectivity index (χ0) is 33.4. The molecule has 0 N–H and O–H groups in total. The van der Waals surface area contributed by atoms with Crippen LogP contribution in [0.15, 0.2) is 176 Å². The summed E-state index contributed by atoms with van der Waals surface area (Å²) >= 11 is 0. The summed E-state index contributed by atoms with van der Waals surface area (Å²) in [5, 5.41) is 0. The Morgan fingerprint density at radius 1 is 0.500 bits per heavy atom. The summed E-state index contributed by atoms with van der Waals surface area (Å²) in [5.41, 5.74) is 11.3. The van der Waals surface area contributed by atoms with Crippen LogP contribution in [-0.2, 0) is 0 Å². The molecule has 0 aromatic heterocycles. The largest absolute Gasteiger partial charge is 0.492 e. The smallest absolute Gasteiger partial charge is 0.119 e. The highest BCUT2D eigenvalue weighted by atomic mass is 16.5. The van der Waals surface area contributed by atoms with Crippen molar-refractivity contribution in [1.82, 2.24) is 4.90 Å². The van der Waals surface area contributed by atoms with Gasteiger partial charge in [0.25, 0.3) is 0 Å². The Balaban J connectivity index is 0.000000198. The Morgan fingerprint density at radius 3 is 1.38 bits per heavy atom. The summed E-state index contributed by atoms with van der Waals surface area (Å²) in [7, 11) is 4.11. The molecule has 6 rings (SSSR count). The first-order chi connectivity index (χ1) is 23.6. The van der Waals surface area contributed by atoms with Crippen LogP contribution >= 0.6 is 0 Å². The molecule has 0 atom stereocenters. The number of rotatable bonds is 11. The molecular formula is C46H45NO. The van der Waals surface area contributed by atoms with E-state index in [0.717, 1.165) is 18.7 Å². The molecule has 0 aliphatic rings. The van der Waals surface area contributed by atoms with Crippen molar-refractivity contribution in [2.45, 2.75) is 13.3 Å². The van der Waals surface area contributed by atoms with Crippen molar-refractivity contribution >= 4 is 22.8 Å². The molecule has 2 heteroatoms. The molecule has 0 aliphatic heterocycles. The SMILES string of the molecule is C(=C(c1ccccc1)c1ccccc1)c1ccccc1.CC/C(=C(\c1ccccc1)c1ccc(OCCN(C)C)cc1)c1ccccc1. The lowest BCUT2D eigenvalue weighted by atomic mass is 9.88. The molecule has 2 nitrogen and oxygen atoms in total. The molecule has 240 valence electrons. The lowest BCUT2D eigenvalue weighted by molar-refractivity contribution is 0.261. The number of hydrogen-bond donors (Lipinski definition) is 0. The fourth-order valence-electron chi connectivity index (χ4n) is 5.63.